The fourth-order valence-electron chi connectivity index (χ4n) is 1.55. The van der Waals surface area contributed by atoms with E-state index in [9.17, 15) is 19.1 Å². The van der Waals surface area contributed by atoms with E-state index < -0.39 is 42.2 Å². The number of hydrogen-bond donors (Lipinski definition) is 3. The van der Waals surface area contributed by atoms with Crippen molar-refractivity contribution in [1.29, 1.82) is 0 Å². The number of carbonyl (C=O) groups is 2. The Hall–Kier alpha value is -1.57. The van der Waals surface area contributed by atoms with Crippen molar-refractivity contribution in [2.45, 2.75) is 71.4 Å². The lowest BCUT2D eigenvalue weighted by molar-refractivity contribution is 0.0449. The van der Waals surface area contributed by atoms with E-state index in [0.29, 0.717) is 0 Å². The molecule has 136 valence electrons. The number of nitrogens with one attached hydrogen (secondary N) is 2. The summed E-state index contributed by atoms with van der Waals surface area (Å²) in [4.78, 5) is 23.0. The van der Waals surface area contributed by atoms with Crippen LogP contribution in [0.3, 0.4) is 0 Å². The Bertz CT molecular complexity index is 390. The molecule has 0 aliphatic heterocycles. The summed E-state index contributed by atoms with van der Waals surface area (Å²) in [5.74, 6) is 0. The zero-order valence-electron chi connectivity index (χ0n) is 14.7. The number of aliphatic hydroxyl groups is 1. The minimum atomic E-state index is -1.45. The average molecular weight is 336 g/mol. The Morgan fingerprint density at radius 3 is 1.96 bits per heavy atom. The monoisotopic (exact) mass is 336 g/mol. The average Bonchev–Trinajstić information content (AvgIpc) is 2.31. The van der Waals surface area contributed by atoms with Crippen molar-refractivity contribution in [2.24, 2.45) is 0 Å². The SMILES string of the molecule is CC(C)(C)OC(=O)NC[C@@H](F)C[C@H](CO)NC(=O)OC(C)(C)C. The highest BCUT2D eigenvalue weighted by Gasteiger charge is 2.23. The van der Waals surface area contributed by atoms with Gasteiger partial charge >= 0.3 is 12.2 Å². The van der Waals surface area contributed by atoms with E-state index in [1.165, 1.54) is 0 Å². The molecule has 0 aliphatic carbocycles. The highest BCUT2D eigenvalue weighted by molar-refractivity contribution is 5.68. The van der Waals surface area contributed by atoms with E-state index in [2.05, 4.69) is 10.6 Å². The van der Waals surface area contributed by atoms with Crippen molar-refractivity contribution in [1.82, 2.24) is 10.6 Å². The van der Waals surface area contributed by atoms with Crippen molar-refractivity contribution < 1.29 is 28.6 Å². The van der Waals surface area contributed by atoms with Crippen molar-refractivity contribution in [3.05, 3.63) is 0 Å². The summed E-state index contributed by atoms with van der Waals surface area (Å²) in [6.45, 7) is 9.48. The number of amides is 2. The van der Waals surface area contributed by atoms with Gasteiger partial charge in [0.2, 0.25) is 0 Å². The molecule has 7 nitrogen and oxygen atoms in total. The highest BCUT2D eigenvalue weighted by Crippen LogP contribution is 2.09. The topological polar surface area (TPSA) is 96.9 Å². The van der Waals surface area contributed by atoms with E-state index in [1.807, 2.05) is 0 Å². The quantitative estimate of drug-likeness (QED) is 0.690. The molecule has 0 aromatic carbocycles. The number of hydrogen-bond acceptors (Lipinski definition) is 5. The van der Waals surface area contributed by atoms with Gasteiger partial charge in [-0.15, -0.1) is 0 Å². The Morgan fingerprint density at radius 1 is 1.04 bits per heavy atom. The molecule has 0 fully saturated rings. The summed E-state index contributed by atoms with van der Waals surface area (Å²) < 4.78 is 23.9. The lowest BCUT2D eigenvalue weighted by Crippen LogP contribution is -2.44. The van der Waals surface area contributed by atoms with Gasteiger partial charge in [0.05, 0.1) is 19.2 Å². The maximum atomic E-state index is 13.8. The summed E-state index contributed by atoms with van der Waals surface area (Å²) in [5, 5.41) is 13.9. The Kier molecular flexibility index (Phi) is 8.30. The van der Waals surface area contributed by atoms with Gasteiger partial charge < -0.3 is 25.2 Å². The fourth-order valence-corrected chi connectivity index (χ4v) is 1.55. The predicted octanol–water partition coefficient (Wildman–Crippen LogP) is 2.12. The number of ether oxygens (including phenoxy) is 2. The first kappa shape index (κ1) is 21.4. The number of halogens is 1. The molecule has 2 amide bonds. The molecule has 2 atom stereocenters. The molecule has 0 aromatic heterocycles. The van der Waals surface area contributed by atoms with Crippen LogP contribution >= 0.6 is 0 Å². The number of rotatable bonds is 6. The van der Waals surface area contributed by atoms with E-state index in [4.69, 9.17) is 9.47 Å². The Labute approximate surface area is 136 Å². The van der Waals surface area contributed by atoms with Gasteiger partial charge in [0, 0.05) is 6.42 Å². The molecular formula is C15H29FN2O5. The van der Waals surface area contributed by atoms with Crippen LogP contribution in [0.25, 0.3) is 0 Å². The number of aliphatic hydroxyl groups excluding tert-OH is 1. The predicted molar refractivity (Wildman–Crippen MR) is 84.0 cm³/mol. The second kappa shape index (κ2) is 8.90. The molecule has 0 aliphatic rings. The van der Waals surface area contributed by atoms with Crippen LogP contribution in [0.1, 0.15) is 48.0 Å². The zero-order chi connectivity index (χ0) is 18.3. The number of alkyl carbamates (subject to hydrolysis) is 2. The first-order valence-electron chi connectivity index (χ1n) is 7.53. The van der Waals surface area contributed by atoms with Crippen LogP contribution < -0.4 is 10.6 Å². The lowest BCUT2D eigenvalue weighted by atomic mass is 10.1. The number of alkyl halides is 1. The molecule has 0 spiro atoms. The summed E-state index contributed by atoms with van der Waals surface area (Å²) in [6, 6.07) is -0.805. The van der Waals surface area contributed by atoms with Crippen molar-refractivity contribution in [3.8, 4) is 0 Å². The molecule has 8 heteroatoms. The normalized spacial score (nSPS) is 14.6. The van der Waals surface area contributed by atoms with Gasteiger partial charge in [-0.1, -0.05) is 0 Å². The van der Waals surface area contributed by atoms with Crippen LogP contribution in [-0.4, -0.2) is 53.9 Å². The van der Waals surface area contributed by atoms with E-state index in [-0.39, 0.29) is 13.0 Å². The van der Waals surface area contributed by atoms with E-state index in [0.717, 1.165) is 0 Å². The molecule has 0 heterocycles. The maximum Gasteiger partial charge on any atom is 0.407 e. The molecule has 0 unspecified atom stereocenters. The second-order valence-corrected chi connectivity index (χ2v) is 7.24. The Balaban J connectivity index is 4.21. The minimum Gasteiger partial charge on any atom is -0.444 e. The van der Waals surface area contributed by atoms with Gasteiger partial charge in [0.25, 0.3) is 0 Å². The molecule has 0 radical (unpaired) electrons. The van der Waals surface area contributed by atoms with Crippen LogP contribution in [0.15, 0.2) is 0 Å². The van der Waals surface area contributed by atoms with Gasteiger partial charge in [0.15, 0.2) is 0 Å². The minimum absolute atomic E-state index is 0.161. The molecule has 23 heavy (non-hydrogen) atoms. The third-order valence-corrected chi connectivity index (χ3v) is 2.35. The van der Waals surface area contributed by atoms with Gasteiger partial charge in [0.1, 0.15) is 17.4 Å². The smallest absolute Gasteiger partial charge is 0.407 e. The summed E-state index contributed by atoms with van der Waals surface area (Å²) >= 11 is 0. The fraction of sp³-hybridized carbons (Fsp3) is 0.867. The van der Waals surface area contributed by atoms with Crippen LogP contribution in [0.4, 0.5) is 14.0 Å². The van der Waals surface area contributed by atoms with Crippen LogP contribution in [0, 0.1) is 0 Å². The van der Waals surface area contributed by atoms with E-state index in [1.54, 1.807) is 41.5 Å². The summed E-state index contributed by atoms with van der Waals surface area (Å²) in [5.41, 5.74) is -1.35. The van der Waals surface area contributed by atoms with Gasteiger partial charge in [-0.3, -0.25) is 0 Å². The molecule has 0 saturated heterocycles. The van der Waals surface area contributed by atoms with Crippen molar-refractivity contribution in [2.75, 3.05) is 13.2 Å². The summed E-state index contributed by atoms with van der Waals surface area (Å²) in [6.07, 6.45) is -3.06. The lowest BCUT2D eigenvalue weighted by Gasteiger charge is -2.24. The third kappa shape index (κ3) is 12.6. The maximum absolute atomic E-state index is 13.8. The van der Waals surface area contributed by atoms with Gasteiger partial charge in [-0.25, -0.2) is 14.0 Å². The molecule has 0 rings (SSSR count). The van der Waals surface area contributed by atoms with Crippen molar-refractivity contribution in [3.63, 3.8) is 0 Å². The molecule has 0 saturated carbocycles. The van der Waals surface area contributed by atoms with Gasteiger partial charge in [-0.05, 0) is 41.5 Å². The standard InChI is InChI=1S/C15H29FN2O5/c1-14(2,3)22-12(20)17-8-10(16)7-11(9-19)18-13(21)23-15(4,5)6/h10-11,19H,7-9H2,1-6H3,(H,17,20)(H,18,21)/t10-,11+/m0/s1. The van der Waals surface area contributed by atoms with Crippen LogP contribution in [0.2, 0.25) is 0 Å². The zero-order valence-corrected chi connectivity index (χ0v) is 14.7. The Morgan fingerprint density at radius 2 is 1.52 bits per heavy atom. The van der Waals surface area contributed by atoms with Crippen LogP contribution in [-0.2, 0) is 9.47 Å². The second-order valence-electron chi connectivity index (χ2n) is 7.24. The highest BCUT2D eigenvalue weighted by atomic mass is 19.1. The number of carbonyl (C=O) groups excluding carboxylic acids is 2. The summed E-state index contributed by atoms with van der Waals surface area (Å²) in [7, 11) is 0. The first-order chi connectivity index (χ1) is 10.3. The van der Waals surface area contributed by atoms with Crippen LogP contribution in [0.5, 0.6) is 0 Å². The molecule has 3 N–H and O–H groups in total. The van der Waals surface area contributed by atoms with E-state index >= 15 is 0 Å². The molecular weight excluding hydrogens is 307 g/mol. The van der Waals surface area contributed by atoms with Crippen molar-refractivity contribution >= 4 is 12.2 Å². The first-order valence-corrected chi connectivity index (χ1v) is 7.53. The largest absolute Gasteiger partial charge is 0.444 e. The molecule has 0 bridgehead atoms. The molecule has 0 aromatic rings. The van der Waals surface area contributed by atoms with Gasteiger partial charge in [-0.2, -0.15) is 0 Å². The third-order valence-electron chi connectivity index (χ3n) is 2.35.